The van der Waals surface area contributed by atoms with Crippen molar-refractivity contribution in [3.63, 3.8) is 0 Å². The minimum atomic E-state index is -0.465. The normalized spacial score (nSPS) is 16.5. The third kappa shape index (κ3) is 3.60. The average Bonchev–Trinajstić information content (AvgIpc) is 3.17. The van der Waals surface area contributed by atoms with E-state index in [2.05, 4.69) is 4.98 Å². The number of benzene rings is 2. The summed E-state index contributed by atoms with van der Waals surface area (Å²) in [6, 6.07) is 12.7. The maximum absolute atomic E-state index is 13.2. The second kappa shape index (κ2) is 7.87. The first kappa shape index (κ1) is 19.5. The van der Waals surface area contributed by atoms with Crippen molar-refractivity contribution in [3.05, 3.63) is 79.5 Å². The number of nitrogens with one attached hydrogen (secondary N) is 1. The Bertz CT molecular complexity index is 1200. The van der Waals surface area contributed by atoms with Crippen LogP contribution in [0.5, 0.6) is 0 Å². The number of aromatic amines is 1. The highest BCUT2D eigenvalue weighted by molar-refractivity contribution is 6.31. The van der Waals surface area contributed by atoms with E-state index in [1.807, 2.05) is 29.2 Å². The number of likely N-dealkylation sites (tertiary alicyclic amines) is 1. The molecule has 1 fully saturated rings. The van der Waals surface area contributed by atoms with Crippen molar-refractivity contribution in [2.45, 2.75) is 38.8 Å². The van der Waals surface area contributed by atoms with Gasteiger partial charge in [-0.3, -0.25) is 14.2 Å². The Morgan fingerprint density at radius 2 is 2.00 bits per heavy atom. The van der Waals surface area contributed by atoms with Gasteiger partial charge in [0.2, 0.25) is 0 Å². The van der Waals surface area contributed by atoms with Gasteiger partial charge in [0.25, 0.3) is 11.5 Å². The topological polar surface area (TPSA) is 75.2 Å². The summed E-state index contributed by atoms with van der Waals surface area (Å²) in [4.78, 5) is 42.3. The van der Waals surface area contributed by atoms with Gasteiger partial charge in [-0.05, 0) is 56.0 Å². The number of rotatable bonds is 4. The standard InChI is InChI=1S/C22H22ClN3O3/c1-2-25-21(28)17-10-9-15(13-19(17)24-22(25)29)20(27)26-11-5-7-16(26)12-14-6-3-4-8-18(14)23/h3-4,6,8-10,13,16H,2,5,7,11-12H2,1H3,(H,24,29). The Morgan fingerprint density at radius 1 is 1.21 bits per heavy atom. The molecule has 0 spiro atoms. The van der Waals surface area contributed by atoms with Crippen LogP contribution >= 0.6 is 11.6 Å². The Kier molecular flexibility index (Phi) is 5.28. The minimum absolute atomic E-state index is 0.0743. The van der Waals surface area contributed by atoms with Crippen LogP contribution in [-0.4, -0.2) is 32.9 Å². The van der Waals surface area contributed by atoms with E-state index in [1.54, 1.807) is 25.1 Å². The number of H-pyrrole nitrogens is 1. The smallest absolute Gasteiger partial charge is 0.328 e. The van der Waals surface area contributed by atoms with Crippen LogP contribution in [0.4, 0.5) is 0 Å². The first-order valence-corrected chi connectivity index (χ1v) is 10.2. The number of amides is 1. The monoisotopic (exact) mass is 411 g/mol. The third-order valence-corrected chi connectivity index (χ3v) is 5.97. The first-order chi connectivity index (χ1) is 14.0. The number of aromatic nitrogens is 2. The summed E-state index contributed by atoms with van der Waals surface area (Å²) in [5.41, 5.74) is 1.07. The lowest BCUT2D eigenvalue weighted by atomic mass is 10.0. The number of carbonyl (C=O) groups excluding carboxylic acids is 1. The van der Waals surface area contributed by atoms with Crippen molar-refractivity contribution >= 4 is 28.4 Å². The number of carbonyl (C=O) groups is 1. The van der Waals surface area contributed by atoms with Crippen molar-refractivity contribution in [3.8, 4) is 0 Å². The van der Waals surface area contributed by atoms with Gasteiger partial charge in [-0.2, -0.15) is 0 Å². The highest BCUT2D eigenvalue weighted by atomic mass is 35.5. The molecule has 1 aliphatic rings. The molecular formula is C22H22ClN3O3. The molecule has 1 amide bonds. The Balaban J connectivity index is 1.65. The molecule has 4 rings (SSSR count). The Labute approximate surface area is 172 Å². The second-order valence-corrected chi connectivity index (χ2v) is 7.74. The molecule has 1 aromatic heterocycles. The van der Waals surface area contributed by atoms with E-state index < -0.39 is 5.69 Å². The molecule has 6 nitrogen and oxygen atoms in total. The van der Waals surface area contributed by atoms with E-state index in [0.29, 0.717) is 41.0 Å². The summed E-state index contributed by atoms with van der Waals surface area (Å²) in [7, 11) is 0. The fourth-order valence-electron chi connectivity index (χ4n) is 4.07. The lowest BCUT2D eigenvalue weighted by molar-refractivity contribution is 0.0736. The SMILES string of the molecule is CCn1c(=O)[nH]c2cc(C(=O)N3CCCC3Cc3ccccc3Cl)ccc2c1=O. The van der Waals surface area contributed by atoms with Crippen LogP contribution in [-0.2, 0) is 13.0 Å². The van der Waals surface area contributed by atoms with Gasteiger partial charge in [0.05, 0.1) is 10.9 Å². The van der Waals surface area contributed by atoms with E-state index >= 15 is 0 Å². The fourth-order valence-corrected chi connectivity index (χ4v) is 4.29. The number of hydrogen-bond acceptors (Lipinski definition) is 3. The van der Waals surface area contributed by atoms with E-state index in [-0.39, 0.29) is 17.5 Å². The molecule has 150 valence electrons. The largest absolute Gasteiger partial charge is 0.335 e. The molecule has 1 N–H and O–H groups in total. The molecule has 29 heavy (non-hydrogen) atoms. The molecule has 2 heterocycles. The van der Waals surface area contributed by atoms with Crippen LogP contribution in [0.3, 0.4) is 0 Å². The molecule has 1 aliphatic heterocycles. The van der Waals surface area contributed by atoms with Gasteiger partial charge >= 0.3 is 5.69 Å². The molecule has 0 bridgehead atoms. The molecule has 0 radical (unpaired) electrons. The van der Waals surface area contributed by atoms with Crippen LogP contribution in [0.2, 0.25) is 5.02 Å². The highest BCUT2D eigenvalue weighted by Crippen LogP contribution is 2.26. The number of halogens is 1. The zero-order valence-electron chi connectivity index (χ0n) is 16.2. The zero-order chi connectivity index (χ0) is 20.5. The van der Waals surface area contributed by atoms with Crippen molar-refractivity contribution in [1.29, 1.82) is 0 Å². The second-order valence-electron chi connectivity index (χ2n) is 7.33. The summed E-state index contributed by atoms with van der Waals surface area (Å²) in [6.45, 7) is 2.72. The molecule has 1 unspecified atom stereocenters. The van der Waals surface area contributed by atoms with Crippen LogP contribution in [0, 0.1) is 0 Å². The minimum Gasteiger partial charge on any atom is -0.335 e. The lowest BCUT2D eigenvalue weighted by Crippen LogP contribution is -2.37. The highest BCUT2D eigenvalue weighted by Gasteiger charge is 2.30. The zero-order valence-corrected chi connectivity index (χ0v) is 16.9. The summed E-state index contributed by atoms with van der Waals surface area (Å²) in [6.07, 6.45) is 2.56. The number of fused-ring (bicyclic) bond motifs is 1. The molecule has 1 atom stereocenters. The summed E-state index contributed by atoms with van der Waals surface area (Å²) >= 11 is 6.30. The Morgan fingerprint density at radius 3 is 2.76 bits per heavy atom. The van der Waals surface area contributed by atoms with Gasteiger partial charge in [0.15, 0.2) is 0 Å². The lowest BCUT2D eigenvalue weighted by Gasteiger charge is -2.25. The van der Waals surface area contributed by atoms with Crippen LogP contribution in [0.15, 0.2) is 52.1 Å². The predicted molar refractivity (Wildman–Crippen MR) is 114 cm³/mol. The fraction of sp³-hybridized carbons (Fsp3) is 0.318. The molecule has 3 aromatic rings. The van der Waals surface area contributed by atoms with Gasteiger partial charge in [-0.1, -0.05) is 29.8 Å². The van der Waals surface area contributed by atoms with Crippen LogP contribution in [0.25, 0.3) is 10.9 Å². The van der Waals surface area contributed by atoms with Gasteiger partial charge in [0, 0.05) is 29.7 Å². The molecule has 2 aromatic carbocycles. The van der Waals surface area contributed by atoms with Crippen LogP contribution < -0.4 is 11.2 Å². The van der Waals surface area contributed by atoms with E-state index in [1.165, 1.54) is 0 Å². The van der Waals surface area contributed by atoms with E-state index in [9.17, 15) is 14.4 Å². The molecule has 1 saturated heterocycles. The van der Waals surface area contributed by atoms with Crippen molar-refractivity contribution < 1.29 is 4.79 Å². The molecule has 0 aliphatic carbocycles. The van der Waals surface area contributed by atoms with Gasteiger partial charge < -0.3 is 9.88 Å². The van der Waals surface area contributed by atoms with Crippen molar-refractivity contribution in [1.82, 2.24) is 14.5 Å². The van der Waals surface area contributed by atoms with Gasteiger partial charge in [-0.15, -0.1) is 0 Å². The van der Waals surface area contributed by atoms with Gasteiger partial charge in [0.1, 0.15) is 0 Å². The van der Waals surface area contributed by atoms with Crippen molar-refractivity contribution in [2.24, 2.45) is 0 Å². The quantitative estimate of drug-likeness (QED) is 0.716. The molecular weight excluding hydrogens is 390 g/mol. The summed E-state index contributed by atoms with van der Waals surface area (Å²) < 4.78 is 1.14. The summed E-state index contributed by atoms with van der Waals surface area (Å²) in [5, 5.41) is 1.11. The van der Waals surface area contributed by atoms with E-state index in [4.69, 9.17) is 11.6 Å². The number of nitrogens with zero attached hydrogens (tertiary/aromatic N) is 2. The predicted octanol–water partition coefficient (Wildman–Crippen LogP) is 3.21. The third-order valence-electron chi connectivity index (χ3n) is 5.60. The maximum atomic E-state index is 13.2. The van der Waals surface area contributed by atoms with Crippen molar-refractivity contribution in [2.75, 3.05) is 6.54 Å². The maximum Gasteiger partial charge on any atom is 0.328 e. The van der Waals surface area contributed by atoms with Gasteiger partial charge in [-0.25, -0.2) is 4.79 Å². The molecule has 7 heteroatoms. The van der Waals surface area contributed by atoms with Crippen LogP contribution in [0.1, 0.15) is 35.7 Å². The summed E-state index contributed by atoms with van der Waals surface area (Å²) in [5.74, 6) is -0.0954. The van der Waals surface area contributed by atoms with E-state index in [0.717, 1.165) is 23.0 Å². The number of hydrogen-bond donors (Lipinski definition) is 1. The molecule has 0 saturated carbocycles. The Hall–Kier alpha value is -2.86. The average molecular weight is 412 g/mol. The first-order valence-electron chi connectivity index (χ1n) is 9.81.